The highest BCUT2D eigenvalue weighted by atomic mass is 19.1. The minimum Gasteiger partial charge on any atom is -0.336 e. The third-order valence-corrected chi connectivity index (χ3v) is 9.60. The molecule has 49 heavy (non-hydrogen) atoms. The Morgan fingerprint density at radius 2 is 1.78 bits per heavy atom. The SMILES string of the molecule is Cc1ccccc1-c1cc(C(=O)N2C[C@@H](C)N(Cc3cn([C@H](C)c4ccc(-n5cccn5)c(F)c4)nn3)[C@@H](C)C2)c2cnn(C(C)C)c2n1. The summed E-state index contributed by atoms with van der Waals surface area (Å²) in [4.78, 5) is 23.6. The van der Waals surface area contributed by atoms with E-state index in [1.54, 1.807) is 35.4 Å². The predicted molar refractivity (Wildman–Crippen MR) is 186 cm³/mol. The maximum absolute atomic E-state index is 15.0. The first-order chi connectivity index (χ1) is 23.6. The van der Waals surface area contributed by atoms with Gasteiger partial charge in [0.2, 0.25) is 0 Å². The maximum atomic E-state index is 15.0. The number of amides is 1. The van der Waals surface area contributed by atoms with Crippen LogP contribution in [0.15, 0.2) is 79.4 Å². The molecule has 3 atom stereocenters. The van der Waals surface area contributed by atoms with Gasteiger partial charge in [0.25, 0.3) is 5.91 Å². The van der Waals surface area contributed by atoms with Gasteiger partial charge in [0.15, 0.2) is 5.65 Å². The van der Waals surface area contributed by atoms with Crippen molar-refractivity contribution in [1.29, 1.82) is 0 Å². The number of carbonyl (C=O) groups excluding carboxylic acids is 1. The van der Waals surface area contributed by atoms with Gasteiger partial charge in [0.05, 0.1) is 40.8 Å². The van der Waals surface area contributed by atoms with Gasteiger partial charge in [-0.2, -0.15) is 10.2 Å². The van der Waals surface area contributed by atoms with E-state index in [9.17, 15) is 9.18 Å². The lowest BCUT2D eigenvalue weighted by Gasteiger charge is -2.44. The number of benzene rings is 2. The summed E-state index contributed by atoms with van der Waals surface area (Å²) in [5.41, 5.74) is 6.20. The van der Waals surface area contributed by atoms with Gasteiger partial charge in [-0.15, -0.1) is 5.10 Å². The number of halogens is 1. The number of nitrogens with zero attached hydrogens (tertiary/aromatic N) is 10. The van der Waals surface area contributed by atoms with Crippen LogP contribution in [-0.4, -0.2) is 80.4 Å². The Balaban J connectivity index is 1.08. The first-order valence-corrected chi connectivity index (χ1v) is 16.8. The first-order valence-electron chi connectivity index (χ1n) is 16.8. The van der Waals surface area contributed by atoms with Crippen LogP contribution >= 0.6 is 0 Å². The molecule has 0 unspecified atom stereocenters. The summed E-state index contributed by atoms with van der Waals surface area (Å²) in [6.45, 7) is 14.2. The van der Waals surface area contributed by atoms with E-state index in [2.05, 4.69) is 66.1 Å². The maximum Gasteiger partial charge on any atom is 0.254 e. The van der Waals surface area contributed by atoms with Crippen LogP contribution in [-0.2, 0) is 6.54 Å². The van der Waals surface area contributed by atoms with E-state index in [1.165, 1.54) is 10.7 Å². The molecule has 4 aromatic heterocycles. The van der Waals surface area contributed by atoms with E-state index >= 15 is 0 Å². The zero-order valence-electron chi connectivity index (χ0n) is 28.7. The molecule has 5 heterocycles. The number of hydrogen-bond acceptors (Lipinski definition) is 7. The molecule has 0 bridgehead atoms. The van der Waals surface area contributed by atoms with E-state index in [0.29, 0.717) is 36.5 Å². The molecule has 0 spiro atoms. The molecule has 1 aliphatic rings. The molecule has 1 fully saturated rings. The quantitative estimate of drug-likeness (QED) is 0.190. The zero-order chi connectivity index (χ0) is 34.4. The Labute approximate surface area is 285 Å². The number of piperazine rings is 1. The number of fused-ring (bicyclic) bond motifs is 1. The van der Waals surface area contributed by atoms with Crippen LogP contribution in [0.3, 0.4) is 0 Å². The van der Waals surface area contributed by atoms with E-state index in [1.807, 2.05) is 53.0 Å². The highest BCUT2D eigenvalue weighted by Gasteiger charge is 2.34. The fourth-order valence-corrected chi connectivity index (χ4v) is 6.87. The molecule has 7 rings (SSSR count). The summed E-state index contributed by atoms with van der Waals surface area (Å²) in [5.74, 6) is -0.370. The molecule has 1 saturated heterocycles. The Kier molecular flexibility index (Phi) is 8.57. The Morgan fingerprint density at radius 1 is 1.00 bits per heavy atom. The van der Waals surface area contributed by atoms with Crippen LogP contribution in [0.4, 0.5) is 4.39 Å². The fraction of sp³-hybridized carbons (Fsp3) is 0.351. The van der Waals surface area contributed by atoms with Crippen molar-refractivity contribution in [2.75, 3.05) is 13.1 Å². The minimum absolute atomic E-state index is 0.0190. The van der Waals surface area contributed by atoms with Crippen LogP contribution in [0.1, 0.15) is 73.9 Å². The van der Waals surface area contributed by atoms with Gasteiger partial charge >= 0.3 is 0 Å². The minimum atomic E-state index is -0.351. The van der Waals surface area contributed by atoms with Crippen molar-refractivity contribution >= 4 is 16.9 Å². The summed E-state index contributed by atoms with van der Waals surface area (Å²) in [6, 6.07) is 17.0. The molecule has 12 heteroatoms. The van der Waals surface area contributed by atoms with Crippen LogP contribution < -0.4 is 0 Å². The lowest BCUT2D eigenvalue weighted by atomic mass is 10.0. The number of aromatic nitrogens is 8. The third-order valence-electron chi connectivity index (χ3n) is 9.60. The number of rotatable bonds is 8. The summed E-state index contributed by atoms with van der Waals surface area (Å²) in [6.07, 6.45) is 7.03. The summed E-state index contributed by atoms with van der Waals surface area (Å²) >= 11 is 0. The van der Waals surface area contributed by atoms with Crippen molar-refractivity contribution in [1.82, 2.24) is 49.3 Å². The van der Waals surface area contributed by atoms with Crippen molar-refractivity contribution in [2.45, 2.75) is 72.3 Å². The molecule has 0 N–H and O–H groups in total. The lowest BCUT2D eigenvalue weighted by Crippen LogP contribution is -2.57. The smallest absolute Gasteiger partial charge is 0.254 e. The molecule has 11 nitrogen and oxygen atoms in total. The van der Waals surface area contributed by atoms with Gasteiger partial charge < -0.3 is 4.90 Å². The van der Waals surface area contributed by atoms with Gasteiger partial charge in [-0.25, -0.2) is 23.4 Å². The molecule has 1 amide bonds. The highest BCUT2D eigenvalue weighted by Crippen LogP contribution is 2.30. The summed E-state index contributed by atoms with van der Waals surface area (Å²) < 4.78 is 20.1. The monoisotopic (exact) mass is 660 g/mol. The van der Waals surface area contributed by atoms with Gasteiger partial charge in [0, 0.05) is 55.7 Å². The second kappa shape index (κ2) is 13.0. The molecule has 1 aliphatic heterocycles. The topological polar surface area (TPSA) is 103 Å². The van der Waals surface area contributed by atoms with Crippen molar-refractivity contribution in [3.63, 3.8) is 0 Å². The van der Waals surface area contributed by atoms with Crippen LogP contribution in [0.2, 0.25) is 0 Å². The van der Waals surface area contributed by atoms with Gasteiger partial charge in [0.1, 0.15) is 11.5 Å². The number of carbonyl (C=O) groups is 1. The molecule has 0 radical (unpaired) electrons. The second-order valence-corrected chi connectivity index (χ2v) is 13.4. The Hall–Kier alpha value is -5.23. The van der Waals surface area contributed by atoms with Crippen molar-refractivity contribution in [3.8, 4) is 16.9 Å². The molecule has 252 valence electrons. The van der Waals surface area contributed by atoms with Gasteiger partial charge in [-0.1, -0.05) is 35.5 Å². The standard InChI is InChI=1S/C37H41FN10O/c1-23(2)48-36-32(18-40-48)31(17-34(41-36)30-11-8-7-10-24(30)3)37(49)44-19-25(4)45(26(5)20-44)21-29-22-47(43-42-29)27(6)28-12-13-35(33(38)16-28)46-15-9-14-39-46/h7-18,22-23,25-27H,19-21H2,1-6H3/t25-,26+,27-/m1/s1. The zero-order valence-corrected chi connectivity index (χ0v) is 28.7. The van der Waals surface area contributed by atoms with Crippen molar-refractivity contribution < 1.29 is 9.18 Å². The van der Waals surface area contributed by atoms with Crippen molar-refractivity contribution in [3.05, 3.63) is 108 Å². The van der Waals surface area contributed by atoms with E-state index < -0.39 is 0 Å². The molecular formula is C37H41FN10O. The Bertz CT molecular complexity index is 2100. The fourth-order valence-electron chi connectivity index (χ4n) is 6.87. The second-order valence-electron chi connectivity index (χ2n) is 13.4. The van der Waals surface area contributed by atoms with E-state index in [0.717, 1.165) is 33.5 Å². The highest BCUT2D eigenvalue weighted by molar-refractivity contribution is 6.06. The normalized spacial score (nSPS) is 17.7. The molecule has 2 aromatic carbocycles. The first kappa shape index (κ1) is 32.3. The number of hydrogen-bond donors (Lipinski definition) is 0. The van der Waals surface area contributed by atoms with Crippen LogP contribution in [0, 0.1) is 12.7 Å². The largest absolute Gasteiger partial charge is 0.336 e. The van der Waals surface area contributed by atoms with Gasteiger partial charge in [-0.3, -0.25) is 9.69 Å². The molecule has 0 saturated carbocycles. The van der Waals surface area contributed by atoms with Crippen molar-refractivity contribution in [2.24, 2.45) is 0 Å². The summed E-state index contributed by atoms with van der Waals surface area (Å²) in [5, 5.41) is 18.4. The predicted octanol–water partition coefficient (Wildman–Crippen LogP) is 6.25. The number of aryl methyl sites for hydroxylation is 1. The molecule has 0 aliphatic carbocycles. The average molecular weight is 661 g/mol. The molecule has 6 aromatic rings. The average Bonchev–Trinajstić information content (AvgIpc) is 3.87. The number of pyridine rings is 1. The molecular weight excluding hydrogens is 619 g/mol. The van der Waals surface area contributed by atoms with E-state index in [4.69, 9.17) is 4.98 Å². The lowest BCUT2D eigenvalue weighted by molar-refractivity contribution is 0.0265. The van der Waals surface area contributed by atoms with Gasteiger partial charge in [-0.05, 0) is 76.9 Å². The Morgan fingerprint density at radius 3 is 2.47 bits per heavy atom. The van der Waals surface area contributed by atoms with Crippen LogP contribution in [0.25, 0.3) is 28.0 Å². The van der Waals surface area contributed by atoms with E-state index in [-0.39, 0.29) is 35.9 Å². The summed E-state index contributed by atoms with van der Waals surface area (Å²) in [7, 11) is 0. The van der Waals surface area contributed by atoms with Crippen LogP contribution in [0.5, 0.6) is 0 Å². The third kappa shape index (κ3) is 6.12.